The van der Waals surface area contributed by atoms with Gasteiger partial charge in [0.2, 0.25) is 0 Å². The molecule has 0 aliphatic heterocycles. The highest BCUT2D eigenvalue weighted by molar-refractivity contribution is 6.26. The number of benzene rings is 9. The zero-order chi connectivity index (χ0) is 32.8. The molecule has 2 aromatic heterocycles. The van der Waals surface area contributed by atoms with Crippen LogP contribution in [-0.4, -0.2) is 0 Å². The Balaban J connectivity index is 1.03. The molecule has 2 heteroatoms. The standard InChI is InChI=1S/C48H28O2/c1-2-9-29(10-3-1)32-17-20-37-38-21-18-33(25-41(38)36-14-5-4-13-35(36)40(37)24-32)30-11-8-12-31(23-30)34-19-22-46-42(26-34)44-28-47-43(27-48(44)50-46)39-15-6-7-16-45(39)49-47/h1-28H. The van der Waals surface area contributed by atoms with Gasteiger partial charge >= 0.3 is 0 Å². The van der Waals surface area contributed by atoms with Crippen molar-refractivity contribution in [2.75, 3.05) is 0 Å². The van der Waals surface area contributed by atoms with Gasteiger partial charge in [-0.1, -0.05) is 121 Å². The topological polar surface area (TPSA) is 26.3 Å². The highest BCUT2D eigenvalue weighted by Crippen LogP contribution is 2.41. The summed E-state index contributed by atoms with van der Waals surface area (Å²) in [6.45, 7) is 0. The van der Waals surface area contributed by atoms with Crippen LogP contribution >= 0.6 is 0 Å². The highest BCUT2D eigenvalue weighted by atomic mass is 16.3. The number of furan rings is 2. The molecule has 0 amide bonds. The van der Waals surface area contributed by atoms with Gasteiger partial charge in [-0.15, -0.1) is 0 Å². The number of para-hydroxylation sites is 1. The quantitative estimate of drug-likeness (QED) is 0.180. The largest absolute Gasteiger partial charge is 0.456 e. The van der Waals surface area contributed by atoms with Gasteiger partial charge in [-0.25, -0.2) is 0 Å². The van der Waals surface area contributed by atoms with Gasteiger partial charge in [-0.2, -0.15) is 0 Å². The van der Waals surface area contributed by atoms with Crippen molar-refractivity contribution in [2.24, 2.45) is 0 Å². The van der Waals surface area contributed by atoms with Crippen molar-refractivity contribution >= 4 is 76.2 Å². The molecule has 11 aromatic rings. The molecular formula is C48H28O2. The zero-order valence-electron chi connectivity index (χ0n) is 27.0. The molecule has 11 rings (SSSR count). The fourth-order valence-electron chi connectivity index (χ4n) is 8.00. The summed E-state index contributed by atoms with van der Waals surface area (Å²) in [6.07, 6.45) is 0. The molecule has 0 radical (unpaired) electrons. The summed E-state index contributed by atoms with van der Waals surface area (Å²) < 4.78 is 12.6. The monoisotopic (exact) mass is 636 g/mol. The van der Waals surface area contributed by atoms with E-state index in [0.29, 0.717) is 0 Å². The van der Waals surface area contributed by atoms with E-state index < -0.39 is 0 Å². The summed E-state index contributed by atoms with van der Waals surface area (Å²) in [5, 5.41) is 12.0. The van der Waals surface area contributed by atoms with Gasteiger partial charge in [0.05, 0.1) is 0 Å². The van der Waals surface area contributed by atoms with Gasteiger partial charge in [0.1, 0.15) is 22.3 Å². The van der Waals surface area contributed by atoms with Gasteiger partial charge in [0.25, 0.3) is 0 Å². The summed E-state index contributed by atoms with van der Waals surface area (Å²) in [5.74, 6) is 0. The first-order valence-electron chi connectivity index (χ1n) is 17.1. The molecule has 2 heterocycles. The number of fused-ring (bicyclic) bond motifs is 12. The maximum absolute atomic E-state index is 6.36. The van der Waals surface area contributed by atoms with Crippen molar-refractivity contribution < 1.29 is 8.83 Å². The molecule has 0 unspecified atom stereocenters. The van der Waals surface area contributed by atoms with Crippen molar-refractivity contribution in [1.29, 1.82) is 0 Å². The Labute approximate surface area is 287 Å². The molecule has 50 heavy (non-hydrogen) atoms. The van der Waals surface area contributed by atoms with Crippen molar-refractivity contribution in [3.05, 3.63) is 170 Å². The van der Waals surface area contributed by atoms with Crippen LogP contribution in [0.15, 0.2) is 179 Å². The molecule has 232 valence electrons. The van der Waals surface area contributed by atoms with Gasteiger partial charge < -0.3 is 8.83 Å². The Morgan fingerprint density at radius 1 is 0.200 bits per heavy atom. The van der Waals surface area contributed by atoms with Crippen LogP contribution in [0, 0.1) is 0 Å². The average Bonchev–Trinajstić information content (AvgIpc) is 3.74. The predicted molar refractivity (Wildman–Crippen MR) is 210 cm³/mol. The lowest BCUT2D eigenvalue weighted by molar-refractivity contribution is 0.664. The third-order valence-electron chi connectivity index (χ3n) is 10.4. The molecule has 0 atom stereocenters. The highest BCUT2D eigenvalue weighted by Gasteiger charge is 2.15. The van der Waals surface area contributed by atoms with Crippen LogP contribution in [0.3, 0.4) is 0 Å². The molecular weight excluding hydrogens is 609 g/mol. The molecule has 0 spiro atoms. The summed E-state index contributed by atoms with van der Waals surface area (Å²) in [6, 6.07) is 61.1. The van der Waals surface area contributed by atoms with E-state index in [9.17, 15) is 0 Å². The van der Waals surface area contributed by atoms with E-state index in [4.69, 9.17) is 8.83 Å². The summed E-state index contributed by atoms with van der Waals surface area (Å²) >= 11 is 0. The Bertz CT molecular complexity index is 3120. The molecule has 0 N–H and O–H groups in total. The normalized spacial score (nSPS) is 12.0. The van der Waals surface area contributed by atoms with Crippen LogP contribution in [0.4, 0.5) is 0 Å². The smallest absolute Gasteiger partial charge is 0.136 e. The summed E-state index contributed by atoms with van der Waals surface area (Å²) in [7, 11) is 0. The maximum Gasteiger partial charge on any atom is 0.136 e. The SMILES string of the molecule is c1ccc(-c2ccc3c4ccc(-c5cccc(-c6ccc7oc8cc9c(cc8c7c6)oc6ccccc69)c5)cc4c4ccccc4c3c2)cc1. The van der Waals surface area contributed by atoms with E-state index in [2.05, 4.69) is 152 Å². The van der Waals surface area contributed by atoms with Crippen molar-refractivity contribution in [1.82, 2.24) is 0 Å². The molecule has 9 aromatic carbocycles. The maximum atomic E-state index is 6.36. The Morgan fingerprint density at radius 3 is 1.28 bits per heavy atom. The third kappa shape index (κ3) is 4.09. The lowest BCUT2D eigenvalue weighted by Crippen LogP contribution is -1.87. The third-order valence-corrected chi connectivity index (χ3v) is 10.4. The second kappa shape index (κ2) is 10.4. The first-order valence-corrected chi connectivity index (χ1v) is 17.1. The molecule has 0 saturated carbocycles. The lowest BCUT2D eigenvalue weighted by Gasteiger charge is -2.14. The molecule has 0 bridgehead atoms. The molecule has 0 aliphatic carbocycles. The predicted octanol–water partition coefficient (Wildman–Crippen LogP) is 13.9. The zero-order valence-corrected chi connectivity index (χ0v) is 27.0. The minimum atomic E-state index is 0.872. The van der Waals surface area contributed by atoms with Crippen LogP contribution in [0.25, 0.3) is 110 Å². The Kier molecular flexibility index (Phi) is 5.70. The van der Waals surface area contributed by atoms with E-state index in [0.717, 1.165) is 49.4 Å². The molecule has 0 fully saturated rings. The van der Waals surface area contributed by atoms with Gasteiger partial charge in [-0.05, 0) is 114 Å². The fourth-order valence-corrected chi connectivity index (χ4v) is 8.00. The minimum Gasteiger partial charge on any atom is -0.456 e. The van der Waals surface area contributed by atoms with E-state index in [1.54, 1.807) is 0 Å². The van der Waals surface area contributed by atoms with Crippen molar-refractivity contribution in [2.45, 2.75) is 0 Å². The van der Waals surface area contributed by atoms with Crippen LogP contribution < -0.4 is 0 Å². The Morgan fingerprint density at radius 2 is 0.620 bits per heavy atom. The molecule has 0 saturated heterocycles. The van der Waals surface area contributed by atoms with Crippen LogP contribution in [-0.2, 0) is 0 Å². The minimum absolute atomic E-state index is 0.872. The second-order valence-electron chi connectivity index (χ2n) is 13.3. The van der Waals surface area contributed by atoms with Gasteiger partial charge in [0, 0.05) is 21.5 Å². The average molecular weight is 637 g/mol. The van der Waals surface area contributed by atoms with E-state index in [1.165, 1.54) is 60.1 Å². The number of rotatable bonds is 3. The van der Waals surface area contributed by atoms with Crippen LogP contribution in [0.5, 0.6) is 0 Å². The van der Waals surface area contributed by atoms with E-state index in [-0.39, 0.29) is 0 Å². The van der Waals surface area contributed by atoms with Crippen LogP contribution in [0.2, 0.25) is 0 Å². The number of hydrogen-bond acceptors (Lipinski definition) is 2. The molecule has 0 aliphatic rings. The first-order chi connectivity index (χ1) is 24.7. The number of hydrogen-bond donors (Lipinski definition) is 0. The van der Waals surface area contributed by atoms with E-state index in [1.807, 2.05) is 18.2 Å². The lowest BCUT2D eigenvalue weighted by atomic mass is 9.90. The second-order valence-corrected chi connectivity index (χ2v) is 13.3. The molecule has 2 nitrogen and oxygen atoms in total. The van der Waals surface area contributed by atoms with Crippen molar-refractivity contribution in [3.63, 3.8) is 0 Å². The van der Waals surface area contributed by atoms with Crippen LogP contribution in [0.1, 0.15) is 0 Å². The summed E-state index contributed by atoms with van der Waals surface area (Å²) in [4.78, 5) is 0. The van der Waals surface area contributed by atoms with Gasteiger partial charge in [-0.3, -0.25) is 0 Å². The fraction of sp³-hybridized carbons (Fsp3) is 0. The van der Waals surface area contributed by atoms with Crippen molar-refractivity contribution in [3.8, 4) is 33.4 Å². The first kappa shape index (κ1) is 27.3. The summed E-state index contributed by atoms with van der Waals surface area (Å²) in [5.41, 5.74) is 10.7. The van der Waals surface area contributed by atoms with Gasteiger partial charge in [0.15, 0.2) is 0 Å². The Hall–Kier alpha value is -6.64. The van der Waals surface area contributed by atoms with E-state index >= 15 is 0 Å².